The molecule has 0 N–H and O–H groups in total. The van der Waals surface area contributed by atoms with E-state index in [9.17, 15) is 4.79 Å². The lowest BCUT2D eigenvalue weighted by molar-refractivity contribution is 0.388. The third kappa shape index (κ3) is 3.62. The maximum absolute atomic E-state index is 9.76. The maximum Gasteiger partial charge on any atom is 0.198 e. The van der Waals surface area contributed by atoms with E-state index in [-0.39, 0.29) is 0 Å². The largest absolute Gasteiger partial charge is 0.373 e. The molecule has 0 aromatic heterocycles. The molecule has 1 radical (unpaired) electrons. The molecule has 1 aliphatic rings. The van der Waals surface area contributed by atoms with Gasteiger partial charge in [-0.1, -0.05) is 12.8 Å². The first-order chi connectivity index (χ1) is 4.93. The predicted octanol–water partition coefficient (Wildman–Crippen LogP) is 1.45. The third-order valence-electron chi connectivity index (χ3n) is 1.71. The van der Waals surface area contributed by atoms with Crippen LogP contribution < -0.4 is 0 Å². The molecule has 0 bridgehead atoms. The second-order valence-corrected chi connectivity index (χ2v) is 2.70. The van der Waals surface area contributed by atoms with Crippen molar-refractivity contribution in [2.24, 2.45) is 0 Å². The van der Waals surface area contributed by atoms with Gasteiger partial charge in [-0.25, -0.2) is 0 Å². The standard InChI is InChI=1S/C8H13O2/c9-6-4-2-1-3-5-8-7-10-8/h8H,1-5,7H2. The Morgan fingerprint density at radius 3 is 2.80 bits per heavy atom. The average molecular weight is 141 g/mol. The van der Waals surface area contributed by atoms with Gasteiger partial charge in [-0.15, -0.1) is 0 Å². The fourth-order valence-electron chi connectivity index (χ4n) is 0.981. The summed E-state index contributed by atoms with van der Waals surface area (Å²) in [5.74, 6) is 0. The van der Waals surface area contributed by atoms with Crippen LogP contribution in [0.2, 0.25) is 0 Å². The molecule has 57 valence electrons. The van der Waals surface area contributed by atoms with Gasteiger partial charge in [-0.3, -0.25) is 4.79 Å². The number of hydrogen-bond donors (Lipinski definition) is 0. The molecule has 0 amide bonds. The molecule has 0 aromatic rings. The van der Waals surface area contributed by atoms with Crippen LogP contribution in [0, 0.1) is 0 Å². The molecular formula is C8H13O2. The highest BCUT2D eigenvalue weighted by molar-refractivity contribution is 5.50. The van der Waals surface area contributed by atoms with E-state index in [0.29, 0.717) is 12.5 Å². The third-order valence-corrected chi connectivity index (χ3v) is 1.71. The average Bonchev–Trinajstić information content (AvgIpc) is 2.71. The monoisotopic (exact) mass is 141 g/mol. The summed E-state index contributed by atoms with van der Waals surface area (Å²) in [6, 6.07) is 0. The Morgan fingerprint density at radius 1 is 1.40 bits per heavy atom. The zero-order valence-corrected chi connectivity index (χ0v) is 6.14. The van der Waals surface area contributed by atoms with E-state index in [2.05, 4.69) is 0 Å². The number of hydrogen-bond acceptors (Lipinski definition) is 2. The van der Waals surface area contributed by atoms with Gasteiger partial charge < -0.3 is 4.74 Å². The van der Waals surface area contributed by atoms with Gasteiger partial charge in [-0.05, 0) is 12.8 Å². The van der Waals surface area contributed by atoms with Crippen LogP contribution in [0.5, 0.6) is 0 Å². The minimum absolute atomic E-state index is 0.556. The van der Waals surface area contributed by atoms with Crippen molar-refractivity contribution in [3.05, 3.63) is 0 Å². The van der Waals surface area contributed by atoms with E-state index in [4.69, 9.17) is 4.74 Å². The van der Waals surface area contributed by atoms with Crippen LogP contribution in [0.15, 0.2) is 0 Å². The lowest BCUT2D eigenvalue weighted by atomic mass is 10.1. The van der Waals surface area contributed by atoms with Crippen molar-refractivity contribution in [3.63, 3.8) is 0 Å². The summed E-state index contributed by atoms with van der Waals surface area (Å²) in [4.78, 5) is 9.76. The summed E-state index contributed by atoms with van der Waals surface area (Å²) in [6.45, 7) is 0.958. The highest BCUT2D eigenvalue weighted by Gasteiger charge is 2.20. The van der Waals surface area contributed by atoms with Crippen molar-refractivity contribution < 1.29 is 9.53 Å². The Morgan fingerprint density at radius 2 is 2.20 bits per heavy atom. The summed E-state index contributed by atoms with van der Waals surface area (Å²) in [5.41, 5.74) is 0. The zero-order valence-electron chi connectivity index (χ0n) is 6.14. The number of carbonyl (C=O) groups excluding carboxylic acids is 1. The molecule has 2 nitrogen and oxygen atoms in total. The first kappa shape index (κ1) is 7.73. The van der Waals surface area contributed by atoms with E-state index in [0.717, 1.165) is 19.4 Å². The van der Waals surface area contributed by atoms with Crippen molar-refractivity contribution in [2.75, 3.05) is 6.61 Å². The van der Waals surface area contributed by atoms with Gasteiger partial charge in [0.25, 0.3) is 0 Å². The van der Waals surface area contributed by atoms with Gasteiger partial charge in [-0.2, -0.15) is 0 Å². The van der Waals surface area contributed by atoms with Gasteiger partial charge in [0.2, 0.25) is 0 Å². The molecule has 0 aliphatic carbocycles. The van der Waals surface area contributed by atoms with Gasteiger partial charge in [0.15, 0.2) is 6.29 Å². The lowest BCUT2D eigenvalue weighted by Crippen LogP contribution is -1.85. The number of unbranched alkanes of at least 4 members (excludes halogenated alkanes) is 3. The molecular weight excluding hydrogens is 128 g/mol. The fraction of sp³-hybridized carbons (Fsp3) is 0.875. The summed E-state index contributed by atoms with van der Waals surface area (Å²) < 4.78 is 5.04. The first-order valence-corrected chi connectivity index (χ1v) is 3.90. The van der Waals surface area contributed by atoms with Crippen LogP contribution in [-0.2, 0) is 9.53 Å². The van der Waals surface area contributed by atoms with E-state index in [1.54, 1.807) is 0 Å². The molecule has 0 spiro atoms. The summed E-state index contributed by atoms with van der Waals surface area (Å²) in [7, 11) is 0. The van der Waals surface area contributed by atoms with E-state index in [1.165, 1.54) is 12.8 Å². The van der Waals surface area contributed by atoms with Crippen molar-refractivity contribution >= 4 is 6.29 Å². The highest BCUT2D eigenvalue weighted by atomic mass is 16.6. The van der Waals surface area contributed by atoms with Gasteiger partial charge in [0.1, 0.15) is 0 Å². The lowest BCUT2D eigenvalue weighted by Gasteiger charge is -1.93. The Kier molecular flexibility index (Phi) is 3.44. The van der Waals surface area contributed by atoms with Crippen LogP contribution in [0.25, 0.3) is 0 Å². The molecule has 1 heterocycles. The van der Waals surface area contributed by atoms with Gasteiger partial charge >= 0.3 is 0 Å². The molecule has 1 unspecified atom stereocenters. The number of epoxide rings is 1. The molecule has 0 aromatic carbocycles. The zero-order chi connectivity index (χ0) is 7.23. The second kappa shape index (κ2) is 4.45. The number of rotatable bonds is 6. The molecule has 10 heavy (non-hydrogen) atoms. The topological polar surface area (TPSA) is 29.6 Å². The SMILES string of the molecule is O=[C]CCCCCC1CO1. The highest BCUT2D eigenvalue weighted by Crippen LogP contribution is 2.17. The van der Waals surface area contributed by atoms with Crippen molar-refractivity contribution in [2.45, 2.75) is 38.2 Å². The minimum atomic E-state index is 0.556. The number of ether oxygens (including phenoxy) is 1. The van der Waals surface area contributed by atoms with Crippen molar-refractivity contribution in [1.29, 1.82) is 0 Å². The van der Waals surface area contributed by atoms with E-state index >= 15 is 0 Å². The maximum atomic E-state index is 9.76. The van der Waals surface area contributed by atoms with Crippen molar-refractivity contribution in [1.82, 2.24) is 0 Å². The van der Waals surface area contributed by atoms with Crippen LogP contribution in [0.4, 0.5) is 0 Å². The fourth-order valence-corrected chi connectivity index (χ4v) is 0.981. The quantitative estimate of drug-likeness (QED) is 0.414. The van der Waals surface area contributed by atoms with Crippen LogP contribution >= 0.6 is 0 Å². The molecule has 1 saturated heterocycles. The molecule has 1 aliphatic heterocycles. The molecule has 1 fully saturated rings. The predicted molar refractivity (Wildman–Crippen MR) is 38.5 cm³/mol. The Bertz CT molecular complexity index is 97.4. The summed E-state index contributed by atoms with van der Waals surface area (Å²) in [6.07, 6.45) is 7.57. The van der Waals surface area contributed by atoms with Crippen LogP contribution in [0.1, 0.15) is 32.1 Å². The van der Waals surface area contributed by atoms with E-state index < -0.39 is 0 Å². The Hall–Kier alpha value is -0.370. The van der Waals surface area contributed by atoms with Crippen molar-refractivity contribution in [3.8, 4) is 0 Å². The normalized spacial score (nSPS) is 22.6. The summed E-state index contributed by atoms with van der Waals surface area (Å²) >= 11 is 0. The van der Waals surface area contributed by atoms with Crippen LogP contribution in [-0.4, -0.2) is 19.0 Å². The smallest absolute Gasteiger partial charge is 0.198 e. The Balaban J connectivity index is 1.72. The first-order valence-electron chi connectivity index (χ1n) is 3.90. The van der Waals surface area contributed by atoms with Gasteiger partial charge in [0.05, 0.1) is 12.7 Å². The van der Waals surface area contributed by atoms with Gasteiger partial charge in [0, 0.05) is 6.42 Å². The summed E-state index contributed by atoms with van der Waals surface area (Å²) in [5, 5.41) is 0. The molecule has 2 heteroatoms. The Labute approximate surface area is 61.6 Å². The van der Waals surface area contributed by atoms with Crippen LogP contribution in [0.3, 0.4) is 0 Å². The molecule has 1 rings (SSSR count). The minimum Gasteiger partial charge on any atom is -0.373 e. The molecule has 0 saturated carbocycles. The second-order valence-electron chi connectivity index (χ2n) is 2.70. The molecule has 1 atom stereocenters. The van der Waals surface area contributed by atoms with E-state index in [1.807, 2.05) is 6.29 Å².